The van der Waals surface area contributed by atoms with Gasteiger partial charge in [0.1, 0.15) is 12.1 Å². The van der Waals surface area contributed by atoms with Gasteiger partial charge >= 0.3 is 11.7 Å². The van der Waals surface area contributed by atoms with E-state index >= 15 is 4.39 Å². The Kier molecular flexibility index (Phi) is 7.45. The Bertz CT molecular complexity index is 1840. The average molecular weight is 613 g/mol. The number of H-pyrrole nitrogens is 1. The van der Waals surface area contributed by atoms with Crippen LogP contribution in [0.25, 0.3) is 28.1 Å². The van der Waals surface area contributed by atoms with Crippen LogP contribution in [0.3, 0.4) is 0 Å². The minimum atomic E-state index is -2.90. The molecule has 2 aromatic carbocycles. The molecule has 0 aliphatic rings. The zero-order valence-corrected chi connectivity index (χ0v) is 22.7. The number of aliphatic hydroxyl groups excluding tert-OH is 1. The number of nitrogens with one attached hydrogen (secondary N) is 1. The van der Waals surface area contributed by atoms with E-state index < -0.39 is 24.5 Å². The summed E-state index contributed by atoms with van der Waals surface area (Å²) in [7, 11) is 0. The molecule has 0 fully saturated rings. The van der Waals surface area contributed by atoms with E-state index in [0.29, 0.717) is 32.8 Å². The van der Waals surface area contributed by atoms with Crippen molar-refractivity contribution < 1.29 is 23.0 Å². The summed E-state index contributed by atoms with van der Waals surface area (Å²) in [6.45, 7) is -2.90. The van der Waals surface area contributed by atoms with Crippen LogP contribution in [-0.2, 0) is 0 Å². The number of hydrogen-bond acceptors (Lipinski definition) is 6. The zero-order chi connectivity index (χ0) is 29.4. The summed E-state index contributed by atoms with van der Waals surface area (Å²) in [6.07, 6.45) is 5.85. The van der Waals surface area contributed by atoms with Gasteiger partial charge in [0.25, 0.3) is 0 Å². The lowest BCUT2D eigenvalue weighted by atomic mass is 9.98. The number of aromatic nitrogens is 9. The second-order valence-corrected chi connectivity index (χ2v) is 9.91. The van der Waals surface area contributed by atoms with Crippen LogP contribution in [0.15, 0.2) is 85.6 Å². The van der Waals surface area contributed by atoms with Crippen LogP contribution in [0.4, 0.5) is 13.2 Å². The van der Waals surface area contributed by atoms with E-state index in [0.717, 1.165) is 0 Å². The van der Waals surface area contributed by atoms with E-state index in [2.05, 4.69) is 30.7 Å². The molecule has 212 valence electrons. The summed E-state index contributed by atoms with van der Waals surface area (Å²) >= 11 is 12.1. The van der Waals surface area contributed by atoms with Crippen molar-refractivity contribution in [2.75, 3.05) is 0 Å². The fraction of sp³-hybridized carbons (Fsp3) is 0.111. The number of nitrogens with zero attached hydrogens (tertiary/aromatic N) is 8. The first kappa shape index (κ1) is 27.6. The summed E-state index contributed by atoms with van der Waals surface area (Å²) in [4.78, 5) is 4.57. The van der Waals surface area contributed by atoms with Gasteiger partial charge in [-0.1, -0.05) is 58.4 Å². The third-order valence-corrected chi connectivity index (χ3v) is 7.07. The van der Waals surface area contributed by atoms with Crippen molar-refractivity contribution in [3.8, 4) is 28.1 Å². The number of rotatable bonds is 8. The Morgan fingerprint density at radius 1 is 0.952 bits per heavy atom. The van der Waals surface area contributed by atoms with Crippen molar-refractivity contribution in [2.45, 2.75) is 18.7 Å². The first-order valence-electron chi connectivity index (χ1n) is 12.3. The number of aromatic amines is 1. The molecule has 0 radical (unpaired) electrons. The van der Waals surface area contributed by atoms with Gasteiger partial charge in [0.05, 0.1) is 39.5 Å². The number of hydrogen-bond donors (Lipinski definition) is 2. The van der Waals surface area contributed by atoms with Crippen LogP contribution < -0.4 is 4.68 Å². The van der Waals surface area contributed by atoms with Crippen LogP contribution in [0, 0.1) is 5.82 Å². The van der Waals surface area contributed by atoms with Crippen molar-refractivity contribution in [3.63, 3.8) is 0 Å². The van der Waals surface area contributed by atoms with Crippen molar-refractivity contribution in [3.05, 3.63) is 113 Å². The molecule has 4 heterocycles. The van der Waals surface area contributed by atoms with Gasteiger partial charge in [-0.25, -0.2) is 4.39 Å². The van der Waals surface area contributed by atoms with Crippen molar-refractivity contribution in [1.29, 1.82) is 0 Å². The largest absolute Gasteiger partial charge is 0.386 e. The second kappa shape index (κ2) is 11.4. The highest BCUT2D eigenvalue weighted by Crippen LogP contribution is 2.35. The van der Waals surface area contributed by atoms with Crippen LogP contribution in [0.5, 0.6) is 0 Å². The van der Waals surface area contributed by atoms with Gasteiger partial charge < -0.3 is 5.11 Å². The molecule has 6 aromatic rings. The summed E-state index contributed by atoms with van der Waals surface area (Å²) < 4.78 is 45.6. The van der Waals surface area contributed by atoms with Gasteiger partial charge in [0, 0.05) is 23.5 Å². The van der Waals surface area contributed by atoms with Crippen LogP contribution >= 0.6 is 23.2 Å². The molecule has 0 bridgehead atoms. The Morgan fingerprint density at radius 2 is 1.76 bits per heavy atom. The topological polar surface area (TPSA) is 114 Å². The van der Waals surface area contributed by atoms with Crippen LogP contribution in [-0.4, -0.2) is 45.2 Å². The van der Waals surface area contributed by atoms with Gasteiger partial charge in [-0.05, 0) is 35.4 Å². The molecule has 2 N–H and O–H groups in total. The van der Waals surface area contributed by atoms with Gasteiger partial charge in [-0.15, -0.1) is 9.78 Å². The SMILES string of the molecule is O[C@H](c1ccccc1)[C@@H](c1ccc(-c2c(-[n+]3cc(Cl)n[nH]3)ccc(Cl)c2F)cn1)n1cc(-c2cnnn2C(F)F)cn1. The van der Waals surface area contributed by atoms with E-state index in [9.17, 15) is 13.9 Å². The maximum absolute atomic E-state index is 15.4. The van der Waals surface area contributed by atoms with Crippen LogP contribution in [0.2, 0.25) is 10.2 Å². The molecule has 0 amide bonds. The number of alkyl halides is 2. The van der Waals surface area contributed by atoms with Crippen molar-refractivity contribution in [2.24, 2.45) is 0 Å². The monoisotopic (exact) mass is 612 g/mol. The van der Waals surface area contributed by atoms with E-state index in [1.54, 1.807) is 42.5 Å². The fourth-order valence-electron chi connectivity index (χ4n) is 4.62. The van der Waals surface area contributed by atoms with Crippen LogP contribution in [0.1, 0.15) is 30.0 Å². The second-order valence-electron chi connectivity index (χ2n) is 9.11. The Hall–Kier alpha value is -4.59. The molecule has 0 unspecified atom stereocenters. The predicted molar refractivity (Wildman–Crippen MR) is 145 cm³/mol. The first-order valence-corrected chi connectivity index (χ1v) is 13.1. The smallest absolute Gasteiger partial charge is 0.335 e. The molecule has 0 aliphatic heterocycles. The quantitative estimate of drug-likeness (QED) is 0.223. The van der Waals surface area contributed by atoms with Gasteiger partial charge in [0.15, 0.2) is 17.7 Å². The standard InChI is InChI=1S/C27H18Cl2F3N9O/c28-18-7-9-20(39-14-22(29)36-38-39)23(24(18)30)16-6-8-19(33-10-16)25(26(42)15-4-2-1-3-5-15)40-13-17(11-35-40)21-12-34-37-41(21)27(31)32/h1-14,25-27,42H/p+1/t25-,26-/m1/s1. The molecule has 2 atom stereocenters. The number of pyridine rings is 1. The molecule has 0 saturated heterocycles. The third kappa shape index (κ3) is 5.13. The first-order chi connectivity index (χ1) is 20.3. The molecular weight excluding hydrogens is 594 g/mol. The van der Waals surface area contributed by atoms with E-state index in [4.69, 9.17) is 23.2 Å². The molecule has 6 rings (SSSR count). The Labute approximate surface area is 245 Å². The summed E-state index contributed by atoms with van der Waals surface area (Å²) in [6, 6.07) is 14.2. The molecule has 0 spiro atoms. The number of halogens is 5. The zero-order valence-electron chi connectivity index (χ0n) is 21.2. The maximum atomic E-state index is 15.4. The van der Waals surface area contributed by atoms with Gasteiger partial charge in [0.2, 0.25) is 0 Å². The fourth-order valence-corrected chi connectivity index (χ4v) is 4.92. The molecule has 0 aliphatic carbocycles. The van der Waals surface area contributed by atoms with E-state index in [1.165, 1.54) is 46.4 Å². The summed E-state index contributed by atoms with van der Waals surface area (Å²) in [5.74, 6) is -0.677. The Balaban J connectivity index is 1.43. The summed E-state index contributed by atoms with van der Waals surface area (Å²) in [5.41, 5.74) is 2.20. The predicted octanol–water partition coefficient (Wildman–Crippen LogP) is 5.37. The average Bonchev–Trinajstić information content (AvgIpc) is 3.77. The molecular formula is C27H19Cl2F3N9O+. The highest BCUT2D eigenvalue weighted by atomic mass is 35.5. The molecule has 0 saturated carbocycles. The lowest BCUT2D eigenvalue weighted by Crippen LogP contribution is -2.33. The molecule has 4 aromatic heterocycles. The normalized spacial score (nSPS) is 13.0. The number of aliphatic hydroxyl groups is 1. The minimum absolute atomic E-state index is 0.0490. The van der Waals surface area contributed by atoms with Gasteiger partial charge in [-0.2, -0.15) is 18.6 Å². The Morgan fingerprint density at radius 3 is 2.45 bits per heavy atom. The third-order valence-electron chi connectivity index (χ3n) is 6.59. The minimum Gasteiger partial charge on any atom is -0.386 e. The highest BCUT2D eigenvalue weighted by molar-refractivity contribution is 6.31. The molecule has 42 heavy (non-hydrogen) atoms. The van der Waals surface area contributed by atoms with Crippen molar-refractivity contribution in [1.82, 2.24) is 40.1 Å². The van der Waals surface area contributed by atoms with Gasteiger partial charge in [-0.3, -0.25) is 9.67 Å². The maximum Gasteiger partial charge on any atom is 0.335 e. The molecule has 10 nitrogen and oxygen atoms in total. The van der Waals surface area contributed by atoms with Crippen molar-refractivity contribution >= 4 is 23.2 Å². The van der Waals surface area contributed by atoms with E-state index in [1.807, 2.05) is 6.07 Å². The number of benzene rings is 2. The highest BCUT2D eigenvalue weighted by Gasteiger charge is 2.29. The van der Waals surface area contributed by atoms with E-state index in [-0.39, 0.29) is 21.4 Å². The lowest BCUT2D eigenvalue weighted by molar-refractivity contribution is -0.659. The summed E-state index contributed by atoms with van der Waals surface area (Å²) in [5, 5.41) is 29.5. The molecule has 15 heteroatoms. The lowest BCUT2D eigenvalue weighted by Gasteiger charge is -2.24.